The molecule has 0 fully saturated rings. The van der Waals surface area contributed by atoms with Gasteiger partial charge in [0.2, 0.25) is 15.9 Å². The molecule has 5 nitrogen and oxygen atoms in total. The third-order valence-corrected chi connectivity index (χ3v) is 4.69. The highest BCUT2D eigenvalue weighted by Crippen LogP contribution is 2.20. The minimum atomic E-state index is -3.78. The third-order valence-electron chi connectivity index (χ3n) is 2.69. The Morgan fingerprint density at radius 1 is 1.00 bits per heavy atom. The molecule has 0 heterocycles. The molecular formula is C14H12Cl2N2O3S. The molecule has 2 rings (SSSR count). The van der Waals surface area contributed by atoms with Gasteiger partial charge in [-0.1, -0.05) is 35.3 Å². The Balaban J connectivity index is 1.98. The number of carbonyl (C=O) groups is 1. The van der Waals surface area contributed by atoms with Crippen molar-refractivity contribution in [3.05, 3.63) is 58.6 Å². The average Bonchev–Trinajstić information content (AvgIpc) is 2.48. The van der Waals surface area contributed by atoms with E-state index < -0.39 is 22.5 Å². The van der Waals surface area contributed by atoms with E-state index in [9.17, 15) is 13.2 Å². The first-order chi connectivity index (χ1) is 10.4. The van der Waals surface area contributed by atoms with E-state index in [0.717, 1.165) is 0 Å². The quantitative estimate of drug-likeness (QED) is 0.862. The molecule has 0 bridgehead atoms. The van der Waals surface area contributed by atoms with E-state index in [2.05, 4.69) is 10.0 Å². The van der Waals surface area contributed by atoms with Crippen molar-refractivity contribution < 1.29 is 13.2 Å². The molecule has 22 heavy (non-hydrogen) atoms. The maximum absolute atomic E-state index is 12.0. The Hall–Kier alpha value is -1.60. The number of nitrogens with one attached hydrogen (secondary N) is 2. The van der Waals surface area contributed by atoms with Gasteiger partial charge in [-0.2, -0.15) is 0 Å². The molecule has 0 aliphatic heterocycles. The summed E-state index contributed by atoms with van der Waals surface area (Å²) in [4.78, 5) is 11.8. The summed E-state index contributed by atoms with van der Waals surface area (Å²) in [5, 5.41) is 3.32. The van der Waals surface area contributed by atoms with E-state index in [4.69, 9.17) is 23.2 Å². The highest BCUT2D eigenvalue weighted by molar-refractivity contribution is 7.89. The number of halogens is 2. The van der Waals surface area contributed by atoms with E-state index in [1.54, 1.807) is 24.3 Å². The molecule has 0 saturated heterocycles. The smallest absolute Gasteiger partial charge is 0.241 e. The molecular weight excluding hydrogens is 347 g/mol. The van der Waals surface area contributed by atoms with E-state index in [1.807, 2.05) is 0 Å². The zero-order chi connectivity index (χ0) is 16.2. The van der Waals surface area contributed by atoms with Crippen LogP contribution < -0.4 is 10.0 Å². The summed E-state index contributed by atoms with van der Waals surface area (Å²) >= 11 is 11.6. The van der Waals surface area contributed by atoms with Gasteiger partial charge >= 0.3 is 0 Å². The van der Waals surface area contributed by atoms with Crippen molar-refractivity contribution in [2.24, 2.45) is 0 Å². The van der Waals surface area contributed by atoms with Gasteiger partial charge in [0.25, 0.3) is 0 Å². The molecule has 0 unspecified atom stereocenters. The van der Waals surface area contributed by atoms with Gasteiger partial charge in [-0.3, -0.25) is 4.79 Å². The van der Waals surface area contributed by atoms with Crippen molar-refractivity contribution in [1.29, 1.82) is 0 Å². The number of anilines is 1. The van der Waals surface area contributed by atoms with Crippen molar-refractivity contribution in [2.45, 2.75) is 4.90 Å². The summed E-state index contributed by atoms with van der Waals surface area (Å²) in [5.41, 5.74) is 0.417. The summed E-state index contributed by atoms with van der Waals surface area (Å²) in [6.07, 6.45) is 0. The molecule has 2 aromatic rings. The monoisotopic (exact) mass is 358 g/mol. The lowest BCUT2D eigenvalue weighted by Crippen LogP contribution is -2.32. The molecule has 0 saturated carbocycles. The SMILES string of the molecule is O=C(CNS(=O)(=O)c1ccc(Cl)cc1)Nc1ccccc1Cl. The molecule has 2 N–H and O–H groups in total. The summed E-state index contributed by atoms with van der Waals surface area (Å²) in [6.45, 7) is -0.407. The van der Waals surface area contributed by atoms with Gasteiger partial charge in [-0.25, -0.2) is 13.1 Å². The second-order valence-electron chi connectivity index (χ2n) is 4.31. The van der Waals surface area contributed by atoms with Crippen LogP contribution in [-0.2, 0) is 14.8 Å². The molecule has 0 radical (unpaired) electrons. The van der Waals surface area contributed by atoms with Crippen LogP contribution in [0, 0.1) is 0 Å². The number of para-hydroxylation sites is 1. The highest BCUT2D eigenvalue weighted by Gasteiger charge is 2.15. The minimum absolute atomic E-state index is 0.0300. The number of benzene rings is 2. The van der Waals surface area contributed by atoms with Crippen molar-refractivity contribution in [1.82, 2.24) is 4.72 Å². The standard InChI is InChI=1S/C14H12Cl2N2O3S/c15-10-5-7-11(8-6-10)22(20,21)17-9-14(19)18-13-4-2-1-3-12(13)16/h1-8,17H,9H2,(H,18,19). The number of hydrogen-bond acceptors (Lipinski definition) is 3. The first-order valence-electron chi connectivity index (χ1n) is 6.18. The molecule has 2 aromatic carbocycles. The lowest BCUT2D eigenvalue weighted by atomic mass is 10.3. The number of rotatable bonds is 5. The Morgan fingerprint density at radius 2 is 1.64 bits per heavy atom. The maximum atomic E-state index is 12.0. The van der Waals surface area contributed by atoms with Crippen LogP contribution in [0.3, 0.4) is 0 Å². The van der Waals surface area contributed by atoms with Crippen molar-refractivity contribution in [3.63, 3.8) is 0 Å². The van der Waals surface area contributed by atoms with Gasteiger partial charge < -0.3 is 5.32 Å². The van der Waals surface area contributed by atoms with Crippen LogP contribution >= 0.6 is 23.2 Å². The number of carbonyl (C=O) groups excluding carboxylic acids is 1. The largest absolute Gasteiger partial charge is 0.324 e. The average molecular weight is 359 g/mol. The van der Waals surface area contributed by atoms with Crippen molar-refractivity contribution in [3.8, 4) is 0 Å². The lowest BCUT2D eigenvalue weighted by Gasteiger charge is -2.09. The van der Waals surface area contributed by atoms with Gasteiger partial charge in [0.1, 0.15) is 0 Å². The topological polar surface area (TPSA) is 75.3 Å². The second-order valence-corrected chi connectivity index (χ2v) is 6.92. The maximum Gasteiger partial charge on any atom is 0.241 e. The van der Waals surface area contributed by atoms with Crippen LogP contribution in [0.4, 0.5) is 5.69 Å². The zero-order valence-corrected chi connectivity index (χ0v) is 13.5. The van der Waals surface area contributed by atoms with Gasteiger partial charge in [-0.05, 0) is 36.4 Å². The Labute approximate surface area is 138 Å². The summed E-state index contributed by atoms with van der Waals surface area (Å²) < 4.78 is 26.2. The van der Waals surface area contributed by atoms with E-state index >= 15 is 0 Å². The molecule has 0 spiro atoms. The summed E-state index contributed by atoms with van der Waals surface area (Å²) in [7, 11) is -3.78. The fourth-order valence-corrected chi connectivity index (χ4v) is 2.91. The molecule has 1 amide bonds. The van der Waals surface area contributed by atoms with Crippen LogP contribution in [0.2, 0.25) is 10.0 Å². The third kappa shape index (κ3) is 4.45. The van der Waals surface area contributed by atoms with Crippen LogP contribution in [0.25, 0.3) is 0 Å². The highest BCUT2D eigenvalue weighted by atomic mass is 35.5. The molecule has 0 aliphatic rings. The molecule has 0 aromatic heterocycles. The van der Waals surface area contributed by atoms with Crippen molar-refractivity contribution in [2.75, 3.05) is 11.9 Å². The fourth-order valence-electron chi connectivity index (χ4n) is 1.61. The first-order valence-corrected chi connectivity index (χ1v) is 8.42. The number of sulfonamides is 1. The fraction of sp³-hybridized carbons (Fsp3) is 0.0714. The first kappa shape index (κ1) is 16.8. The van der Waals surface area contributed by atoms with Crippen molar-refractivity contribution >= 4 is 44.8 Å². The van der Waals surface area contributed by atoms with E-state index in [0.29, 0.717) is 15.7 Å². The summed E-state index contributed by atoms with van der Waals surface area (Å²) in [6, 6.07) is 12.3. The van der Waals surface area contributed by atoms with Crippen LogP contribution in [-0.4, -0.2) is 20.9 Å². The van der Waals surface area contributed by atoms with Gasteiger partial charge in [0.15, 0.2) is 0 Å². The molecule has 116 valence electrons. The lowest BCUT2D eigenvalue weighted by molar-refractivity contribution is -0.115. The zero-order valence-electron chi connectivity index (χ0n) is 11.2. The van der Waals surface area contributed by atoms with Crippen LogP contribution in [0.15, 0.2) is 53.4 Å². The molecule has 0 aliphatic carbocycles. The summed E-state index contributed by atoms with van der Waals surface area (Å²) in [5.74, 6) is -0.523. The molecule has 8 heteroatoms. The van der Waals surface area contributed by atoms with Gasteiger partial charge in [0.05, 0.1) is 22.2 Å². The normalized spacial score (nSPS) is 11.2. The Kier molecular flexibility index (Phi) is 5.42. The number of hydrogen-bond donors (Lipinski definition) is 2. The van der Waals surface area contributed by atoms with Gasteiger partial charge in [-0.15, -0.1) is 0 Å². The molecule has 0 atom stereocenters. The van der Waals surface area contributed by atoms with E-state index in [-0.39, 0.29) is 4.90 Å². The Morgan fingerprint density at radius 3 is 2.27 bits per heavy atom. The second kappa shape index (κ2) is 7.11. The van der Waals surface area contributed by atoms with Crippen LogP contribution in [0.5, 0.6) is 0 Å². The van der Waals surface area contributed by atoms with Crippen LogP contribution in [0.1, 0.15) is 0 Å². The minimum Gasteiger partial charge on any atom is -0.324 e. The van der Waals surface area contributed by atoms with E-state index in [1.165, 1.54) is 24.3 Å². The number of amides is 1. The Bertz CT molecular complexity index is 777. The van der Waals surface area contributed by atoms with Gasteiger partial charge in [0, 0.05) is 5.02 Å². The predicted octanol–water partition coefficient (Wildman–Crippen LogP) is 2.91. The predicted molar refractivity (Wildman–Crippen MR) is 86.7 cm³/mol.